The minimum atomic E-state index is -0.423. The molecule has 0 aliphatic carbocycles. The third-order valence-electron chi connectivity index (χ3n) is 3.70. The number of ketones is 1. The Hall–Kier alpha value is -2.87. The maximum atomic E-state index is 11.8. The van der Waals surface area contributed by atoms with Crippen LogP contribution in [0.2, 0.25) is 0 Å². The number of Topliss-reactive ketones (excluding diaryl/α,β-unsaturated/α-hetero) is 1. The predicted molar refractivity (Wildman–Crippen MR) is 105 cm³/mol. The first kappa shape index (κ1) is 21.4. The molecule has 0 bridgehead atoms. The molecule has 7 nitrogen and oxygen atoms in total. The van der Waals surface area contributed by atoms with Crippen LogP contribution >= 0.6 is 11.3 Å². The van der Waals surface area contributed by atoms with E-state index in [1.54, 1.807) is 43.5 Å². The van der Waals surface area contributed by atoms with Crippen LogP contribution < -0.4 is 14.8 Å². The van der Waals surface area contributed by atoms with E-state index in [9.17, 15) is 14.4 Å². The van der Waals surface area contributed by atoms with Gasteiger partial charge in [-0.1, -0.05) is 6.07 Å². The van der Waals surface area contributed by atoms with Crippen molar-refractivity contribution in [2.45, 2.75) is 19.3 Å². The zero-order valence-electron chi connectivity index (χ0n) is 15.6. The molecule has 0 radical (unpaired) electrons. The van der Waals surface area contributed by atoms with E-state index in [1.165, 1.54) is 11.3 Å². The van der Waals surface area contributed by atoms with Gasteiger partial charge in [0, 0.05) is 19.4 Å². The zero-order valence-corrected chi connectivity index (χ0v) is 16.5. The molecular formula is C20H23NO6S. The second-order valence-corrected chi connectivity index (χ2v) is 6.69. The number of amides is 1. The summed E-state index contributed by atoms with van der Waals surface area (Å²) in [6.45, 7) is 0.521. The molecule has 1 amide bonds. The van der Waals surface area contributed by atoms with Crippen molar-refractivity contribution >= 4 is 29.0 Å². The van der Waals surface area contributed by atoms with Gasteiger partial charge in [0.05, 0.1) is 18.4 Å². The van der Waals surface area contributed by atoms with Crippen LogP contribution in [-0.4, -0.2) is 44.5 Å². The van der Waals surface area contributed by atoms with Crippen LogP contribution in [0.3, 0.4) is 0 Å². The molecule has 2 rings (SSSR count). The molecule has 0 fully saturated rings. The maximum Gasteiger partial charge on any atom is 0.307 e. The van der Waals surface area contributed by atoms with Crippen molar-refractivity contribution in [3.05, 3.63) is 46.7 Å². The average Bonchev–Trinajstić information content (AvgIpc) is 3.25. The molecule has 28 heavy (non-hydrogen) atoms. The molecule has 1 N–H and O–H groups in total. The van der Waals surface area contributed by atoms with Crippen molar-refractivity contribution in [2.75, 3.05) is 26.9 Å². The van der Waals surface area contributed by atoms with E-state index in [1.807, 2.05) is 5.38 Å². The standard InChI is InChI=1S/C20H23NO6S/c1-25-15-4-6-16(7-5-15)26-12-13-27-20(24)10-11-21-19(23)9-8-17(22)18-3-2-14-28-18/h2-7,14H,8-13H2,1H3,(H,21,23). The lowest BCUT2D eigenvalue weighted by Gasteiger charge is -2.08. The number of ether oxygens (including phenoxy) is 3. The molecule has 1 aromatic carbocycles. The Morgan fingerprint density at radius 2 is 1.71 bits per heavy atom. The second kappa shape index (κ2) is 11.8. The summed E-state index contributed by atoms with van der Waals surface area (Å²) in [6.07, 6.45) is 0.314. The Bertz CT molecular complexity index is 758. The van der Waals surface area contributed by atoms with Gasteiger partial charge in [0.25, 0.3) is 0 Å². The lowest BCUT2D eigenvalue weighted by Crippen LogP contribution is -2.27. The highest BCUT2D eigenvalue weighted by molar-refractivity contribution is 7.12. The number of nitrogens with one attached hydrogen (secondary N) is 1. The molecule has 0 aliphatic rings. The van der Waals surface area contributed by atoms with Crippen molar-refractivity contribution < 1.29 is 28.6 Å². The molecular weight excluding hydrogens is 382 g/mol. The summed E-state index contributed by atoms with van der Waals surface area (Å²) >= 11 is 1.36. The smallest absolute Gasteiger partial charge is 0.307 e. The van der Waals surface area contributed by atoms with E-state index in [-0.39, 0.29) is 50.7 Å². The normalized spacial score (nSPS) is 10.2. The van der Waals surface area contributed by atoms with Crippen LogP contribution in [0.4, 0.5) is 0 Å². The van der Waals surface area contributed by atoms with Crippen molar-refractivity contribution in [3.63, 3.8) is 0 Å². The number of carbonyl (C=O) groups is 3. The molecule has 0 spiro atoms. The number of hydrogen-bond donors (Lipinski definition) is 1. The summed E-state index contributed by atoms with van der Waals surface area (Å²) in [6, 6.07) is 10.6. The third-order valence-corrected chi connectivity index (χ3v) is 4.61. The number of benzene rings is 1. The van der Waals surface area contributed by atoms with E-state index in [4.69, 9.17) is 14.2 Å². The van der Waals surface area contributed by atoms with Crippen molar-refractivity contribution in [3.8, 4) is 11.5 Å². The molecule has 1 heterocycles. The van der Waals surface area contributed by atoms with Crippen LogP contribution in [0.25, 0.3) is 0 Å². The van der Waals surface area contributed by atoms with E-state index < -0.39 is 5.97 Å². The Labute approximate surface area is 167 Å². The molecule has 0 saturated carbocycles. The van der Waals surface area contributed by atoms with E-state index in [2.05, 4.69) is 5.32 Å². The number of methoxy groups -OCH3 is 1. The summed E-state index contributed by atoms with van der Waals surface area (Å²) in [5.41, 5.74) is 0. The number of thiophene rings is 1. The highest BCUT2D eigenvalue weighted by atomic mass is 32.1. The molecule has 0 atom stereocenters. The number of hydrogen-bond acceptors (Lipinski definition) is 7. The summed E-state index contributed by atoms with van der Waals surface area (Å²) in [7, 11) is 1.59. The molecule has 1 aromatic heterocycles. The van der Waals surface area contributed by atoms with Gasteiger partial charge in [0.15, 0.2) is 5.78 Å². The number of rotatable bonds is 12. The quantitative estimate of drug-likeness (QED) is 0.332. The van der Waals surface area contributed by atoms with Crippen LogP contribution in [0, 0.1) is 0 Å². The first-order valence-electron chi connectivity index (χ1n) is 8.84. The van der Waals surface area contributed by atoms with E-state index >= 15 is 0 Å². The van der Waals surface area contributed by atoms with E-state index in [0.29, 0.717) is 10.6 Å². The Morgan fingerprint density at radius 3 is 2.39 bits per heavy atom. The van der Waals surface area contributed by atoms with Gasteiger partial charge in [0.1, 0.15) is 24.7 Å². The van der Waals surface area contributed by atoms with Crippen LogP contribution in [0.15, 0.2) is 41.8 Å². The zero-order chi connectivity index (χ0) is 20.2. The predicted octanol–water partition coefficient (Wildman–Crippen LogP) is 2.85. The van der Waals surface area contributed by atoms with Gasteiger partial charge in [-0.15, -0.1) is 11.3 Å². The SMILES string of the molecule is COc1ccc(OCCOC(=O)CCNC(=O)CCC(=O)c2cccs2)cc1. The minimum Gasteiger partial charge on any atom is -0.497 e. The summed E-state index contributed by atoms with van der Waals surface area (Å²) < 4.78 is 15.5. The fourth-order valence-corrected chi connectivity index (χ4v) is 2.93. The van der Waals surface area contributed by atoms with Crippen molar-refractivity contribution in [2.24, 2.45) is 0 Å². The first-order chi connectivity index (χ1) is 13.6. The number of carbonyl (C=O) groups excluding carboxylic acids is 3. The molecule has 0 aliphatic heterocycles. The minimum absolute atomic E-state index is 0.0542. The van der Waals surface area contributed by atoms with Gasteiger partial charge in [0.2, 0.25) is 5.91 Å². The van der Waals surface area contributed by atoms with Crippen LogP contribution in [-0.2, 0) is 14.3 Å². The fraction of sp³-hybridized carbons (Fsp3) is 0.350. The van der Waals surface area contributed by atoms with Crippen LogP contribution in [0.1, 0.15) is 28.9 Å². The second-order valence-electron chi connectivity index (χ2n) is 5.74. The molecule has 8 heteroatoms. The topological polar surface area (TPSA) is 90.9 Å². The summed E-state index contributed by atoms with van der Waals surface area (Å²) in [5.74, 6) is 0.646. The third kappa shape index (κ3) is 7.79. The molecule has 2 aromatic rings. The van der Waals surface area contributed by atoms with Gasteiger partial charge in [-0.05, 0) is 35.7 Å². The van der Waals surface area contributed by atoms with Gasteiger partial charge in [-0.3, -0.25) is 14.4 Å². The van der Waals surface area contributed by atoms with Crippen LogP contribution in [0.5, 0.6) is 11.5 Å². The van der Waals surface area contributed by atoms with E-state index in [0.717, 1.165) is 5.75 Å². The van der Waals surface area contributed by atoms with Gasteiger partial charge in [-0.2, -0.15) is 0 Å². The lowest BCUT2D eigenvalue weighted by atomic mass is 10.2. The molecule has 0 unspecified atom stereocenters. The monoisotopic (exact) mass is 405 g/mol. The Balaban J connectivity index is 1.50. The maximum absolute atomic E-state index is 11.8. The first-order valence-corrected chi connectivity index (χ1v) is 9.72. The largest absolute Gasteiger partial charge is 0.497 e. The molecule has 0 saturated heterocycles. The van der Waals surface area contributed by atoms with Crippen molar-refractivity contribution in [1.29, 1.82) is 0 Å². The highest BCUT2D eigenvalue weighted by Crippen LogP contribution is 2.16. The Morgan fingerprint density at radius 1 is 0.964 bits per heavy atom. The number of esters is 1. The highest BCUT2D eigenvalue weighted by Gasteiger charge is 2.10. The lowest BCUT2D eigenvalue weighted by molar-refractivity contribution is -0.144. The van der Waals surface area contributed by atoms with Gasteiger partial charge >= 0.3 is 5.97 Å². The average molecular weight is 405 g/mol. The van der Waals surface area contributed by atoms with Crippen molar-refractivity contribution in [1.82, 2.24) is 5.32 Å². The fourth-order valence-electron chi connectivity index (χ4n) is 2.24. The van der Waals surface area contributed by atoms with Gasteiger partial charge in [-0.25, -0.2) is 0 Å². The molecule has 150 valence electrons. The summed E-state index contributed by atoms with van der Waals surface area (Å²) in [4.78, 5) is 35.8. The summed E-state index contributed by atoms with van der Waals surface area (Å²) in [5, 5.41) is 4.43. The Kier molecular flexibility index (Phi) is 9.00. The van der Waals surface area contributed by atoms with Gasteiger partial charge < -0.3 is 19.5 Å².